The molecule has 0 saturated heterocycles. The van der Waals surface area contributed by atoms with E-state index >= 15 is 0 Å². The van der Waals surface area contributed by atoms with Crippen molar-refractivity contribution in [2.24, 2.45) is 5.73 Å². The highest BCUT2D eigenvalue weighted by Crippen LogP contribution is 2.21. The lowest BCUT2D eigenvalue weighted by Gasteiger charge is -2.12. The summed E-state index contributed by atoms with van der Waals surface area (Å²) < 4.78 is 3.01. The van der Waals surface area contributed by atoms with E-state index in [4.69, 9.17) is 5.73 Å². The van der Waals surface area contributed by atoms with Crippen LogP contribution < -0.4 is 5.73 Å². The molecular weight excluding hydrogens is 290 g/mol. The maximum absolute atomic E-state index is 6.26. The van der Waals surface area contributed by atoms with E-state index in [0.717, 1.165) is 23.0 Å². The van der Waals surface area contributed by atoms with Crippen LogP contribution in [-0.2, 0) is 13.0 Å². The average Bonchev–Trinajstić information content (AvgIpc) is 2.75. The topological polar surface area (TPSA) is 43.8 Å². The zero-order valence-electron chi connectivity index (χ0n) is 10.7. The molecule has 2 N–H and O–H groups in total. The number of benzene rings is 1. The molecule has 0 aliphatic rings. The molecule has 0 aliphatic carbocycles. The maximum atomic E-state index is 6.26. The van der Waals surface area contributed by atoms with E-state index in [0.29, 0.717) is 0 Å². The number of aryl methyl sites for hydroxylation is 2. The summed E-state index contributed by atoms with van der Waals surface area (Å²) in [5.74, 6) is 0. The Morgan fingerprint density at radius 3 is 2.78 bits per heavy atom. The number of aromatic nitrogens is 2. The molecule has 1 unspecified atom stereocenters. The van der Waals surface area contributed by atoms with E-state index in [1.807, 2.05) is 10.9 Å². The summed E-state index contributed by atoms with van der Waals surface area (Å²) >= 11 is 3.51. The van der Waals surface area contributed by atoms with Crippen LogP contribution in [-0.4, -0.2) is 9.78 Å². The van der Waals surface area contributed by atoms with Crippen LogP contribution >= 0.6 is 15.9 Å². The van der Waals surface area contributed by atoms with Crippen molar-refractivity contribution in [3.8, 4) is 0 Å². The molecule has 1 aromatic heterocycles. The SMILES string of the molecule is CCn1cc(CC(N)c2cc(C)cc(Br)c2)cn1. The number of nitrogens with two attached hydrogens (primary N) is 1. The maximum Gasteiger partial charge on any atom is 0.0522 e. The first-order valence-corrected chi connectivity index (χ1v) is 6.91. The van der Waals surface area contributed by atoms with Gasteiger partial charge in [0.15, 0.2) is 0 Å². The summed E-state index contributed by atoms with van der Waals surface area (Å²) in [5.41, 5.74) is 9.82. The van der Waals surface area contributed by atoms with Gasteiger partial charge in [0.05, 0.1) is 6.20 Å². The Hall–Kier alpha value is -1.13. The van der Waals surface area contributed by atoms with Crippen molar-refractivity contribution in [1.82, 2.24) is 9.78 Å². The van der Waals surface area contributed by atoms with Crippen LogP contribution in [0.15, 0.2) is 35.1 Å². The highest BCUT2D eigenvalue weighted by atomic mass is 79.9. The highest BCUT2D eigenvalue weighted by Gasteiger charge is 2.09. The second-order valence-corrected chi connectivity index (χ2v) is 5.49. The Bertz CT molecular complexity index is 513. The van der Waals surface area contributed by atoms with Gasteiger partial charge in [0.2, 0.25) is 0 Å². The van der Waals surface area contributed by atoms with E-state index < -0.39 is 0 Å². The van der Waals surface area contributed by atoms with E-state index in [2.05, 4.69) is 59.3 Å². The van der Waals surface area contributed by atoms with Crippen molar-refractivity contribution < 1.29 is 0 Å². The quantitative estimate of drug-likeness (QED) is 0.942. The van der Waals surface area contributed by atoms with Crippen LogP contribution in [0, 0.1) is 6.92 Å². The first kappa shape index (κ1) is 13.3. The standard InChI is InChI=1S/C14H18BrN3/c1-3-18-9-11(8-17-18)6-14(16)12-4-10(2)5-13(15)7-12/h4-5,7-9,14H,3,6,16H2,1-2H3. The molecule has 1 heterocycles. The summed E-state index contributed by atoms with van der Waals surface area (Å²) in [6.07, 6.45) is 4.77. The molecule has 0 bridgehead atoms. The molecule has 0 fully saturated rings. The van der Waals surface area contributed by atoms with Crippen LogP contribution in [0.4, 0.5) is 0 Å². The second kappa shape index (κ2) is 5.67. The van der Waals surface area contributed by atoms with E-state index in [1.54, 1.807) is 0 Å². The van der Waals surface area contributed by atoms with Gasteiger partial charge >= 0.3 is 0 Å². The molecule has 3 nitrogen and oxygen atoms in total. The number of rotatable bonds is 4. The third-order valence-corrected chi connectivity index (χ3v) is 3.42. The molecule has 0 aliphatic heterocycles. The lowest BCUT2D eigenvalue weighted by molar-refractivity contribution is 0.657. The van der Waals surface area contributed by atoms with Crippen molar-refractivity contribution in [3.63, 3.8) is 0 Å². The molecule has 18 heavy (non-hydrogen) atoms. The minimum Gasteiger partial charge on any atom is -0.324 e. The van der Waals surface area contributed by atoms with Crippen LogP contribution in [0.3, 0.4) is 0 Å². The molecule has 1 atom stereocenters. The van der Waals surface area contributed by atoms with Gasteiger partial charge in [-0.25, -0.2) is 0 Å². The predicted octanol–water partition coefficient (Wildman–Crippen LogP) is 3.22. The summed E-state index contributed by atoms with van der Waals surface area (Å²) in [7, 11) is 0. The van der Waals surface area contributed by atoms with Crippen LogP contribution in [0.25, 0.3) is 0 Å². The van der Waals surface area contributed by atoms with Gasteiger partial charge in [-0.3, -0.25) is 4.68 Å². The molecule has 4 heteroatoms. The van der Waals surface area contributed by atoms with Gasteiger partial charge in [0.1, 0.15) is 0 Å². The zero-order chi connectivity index (χ0) is 13.1. The molecule has 2 rings (SSSR count). The molecule has 2 aromatic rings. The number of hydrogen-bond acceptors (Lipinski definition) is 2. The fourth-order valence-electron chi connectivity index (χ4n) is 2.04. The Morgan fingerprint density at radius 2 is 2.17 bits per heavy atom. The van der Waals surface area contributed by atoms with Gasteiger partial charge < -0.3 is 5.73 Å². The molecule has 96 valence electrons. The van der Waals surface area contributed by atoms with Crippen molar-refractivity contribution in [1.29, 1.82) is 0 Å². The number of hydrogen-bond donors (Lipinski definition) is 1. The van der Waals surface area contributed by atoms with Crippen molar-refractivity contribution in [3.05, 3.63) is 51.8 Å². The first-order chi connectivity index (χ1) is 8.58. The van der Waals surface area contributed by atoms with Gasteiger partial charge in [0.25, 0.3) is 0 Å². The van der Waals surface area contributed by atoms with E-state index in [1.165, 1.54) is 11.1 Å². The van der Waals surface area contributed by atoms with Crippen molar-refractivity contribution >= 4 is 15.9 Å². The molecule has 1 aromatic carbocycles. The van der Waals surface area contributed by atoms with Gasteiger partial charge in [-0.05, 0) is 49.1 Å². The van der Waals surface area contributed by atoms with Gasteiger partial charge in [-0.2, -0.15) is 5.10 Å². The van der Waals surface area contributed by atoms with Gasteiger partial charge in [-0.1, -0.05) is 22.0 Å². The Balaban J connectivity index is 2.13. The minimum absolute atomic E-state index is 0.00991. The summed E-state index contributed by atoms with van der Waals surface area (Å²) in [5, 5.41) is 4.27. The normalized spacial score (nSPS) is 12.7. The lowest BCUT2D eigenvalue weighted by Crippen LogP contribution is -2.13. The number of nitrogens with zero attached hydrogens (tertiary/aromatic N) is 2. The van der Waals surface area contributed by atoms with E-state index in [-0.39, 0.29) is 6.04 Å². The average molecular weight is 308 g/mol. The van der Waals surface area contributed by atoms with Crippen LogP contribution in [0.2, 0.25) is 0 Å². The van der Waals surface area contributed by atoms with Crippen molar-refractivity contribution in [2.75, 3.05) is 0 Å². The first-order valence-electron chi connectivity index (χ1n) is 6.12. The largest absolute Gasteiger partial charge is 0.324 e. The molecule has 0 spiro atoms. The Kier molecular flexibility index (Phi) is 4.19. The summed E-state index contributed by atoms with van der Waals surface area (Å²) in [6.45, 7) is 5.05. The molecule has 0 radical (unpaired) electrons. The second-order valence-electron chi connectivity index (χ2n) is 4.58. The van der Waals surface area contributed by atoms with Gasteiger partial charge in [-0.15, -0.1) is 0 Å². The van der Waals surface area contributed by atoms with Crippen LogP contribution in [0.5, 0.6) is 0 Å². The van der Waals surface area contributed by atoms with Crippen LogP contribution in [0.1, 0.15) is 29.7 Å². The fraction of sp³-hybridized carbons (Fsp3) is 0.357. The number of halogens is 1. The third-order valence-electron chi connectivity index (χ3n) is 2.96. The van der Waals surface area contributed by atoms with Gasteiger partial charge in [0, 0.05) is 23.3 Å². The predicted molar refractivity (Wildman–Crippen MR) is 77.4 cm³/mol. The molecule has 0 amide bonds. The minimum atomic E-state index is 0.00991. The Labute approximate surface area is 116 Å². The highest BCUT2D eigenvalue weighted by molar-refractivity contribution is 9.10. The monoisotopic (exact) mass is 307 g/mol. The summed E-state index contributed by atoms with van der Waals surface area (Å²) in [6, 6.07) is 6.32. The van der Waals surface area contributed by atoms with E-state index in [9.17, 15) is 0 Å². The van der Waals surface area contributed by atoms with Crippen molar-refractivity contribution in [2.45, 2.75) is 32.9 Å². The Morgan fingerprint density at radius 1 is 1.39 bits per heavy atom. The third kappa shape index (κ3) is 3.21. The zero-order valence-corrected chi connectivity index (χ0v) is 12.3. The lowest BCUT2D eigenvalue weighted by atomic mass is 10.0. The summed E-state index contributed by atoms with van der Waals surface area (Å²) in [4.78, 5) is 0. The molecular formula is C14H18BrN3. The molecule has 0 saturated carbocycles. The fourth-order valence-corrected chi connectivity index (χ4v) is 2.66. The smallest absolute Gasteiger partial charge is 0.0522 e.